The minimum atomic E-state index is -2.89. The number of aliphatic hydroxyl groups excluding tert-OH is 1. The molecule has 0 saturated carbocycles. The number of nitrogens with one attached hydrogen (secondary N) is 2. The number of alkyl halides is 2. The fourth-order valence-corrected chi connectivity index (χ4v) is 3.11. The number of aromatic nitrogens is 3. The number of aliphatic imine (C=N–C) groups is 1. The number of aliphatic hydroxyl groups is 1. The van der Waals surface area contributed by atoms with Gasteiger partial charge in [-0.2, -0.15) is 8.78 Å². The molecule has 1 saturated heterocycles. The third-order valence-corrected chi connectivity index (χ3v) is 5.04. The molecule has 31 heavy (non-hydrogen) atoms. The summed E-state index contributed by atoms with van der Waals surface area (Å²) in [4.78, 5) is 4.54. The van der Waals surface area contributed by atoms with E-state index in [1.54, 1.807) is 12.1 Å². The number of hydrogen-bond acceptors (Lipinski definition) is 6. The van der Waals surface area contributed by atoms with E-state index >= 15 is 0 Å². The Morgan fingerprint density at radius 2 is 2.10 bits per heavy atom. The summed E-state index contributed by atoms with van der Waals surface area (Å²) < 4.78 is 36.4. The molecule has 3 N–H and O–H groups in total. The summed E-state index contributed by atoms with van der Waals surface area (Å²) in [5.41, 5.74) is 0.566. The van der Waals surface area contributed by atoms with Crippen LogP contribution in [0.25, 0.3) is 0 Å². The van der Waals surface area contributed by atoms with Crippen molar-refractivity contribution in [2.45, 2.75) is 45.1 Å². The Labute approximate surface area is 179 Å². The Kier molecular flexibility index (Phi) is 8.13. The Hall–Kier alpha value is -2.79. The van der Waals surface area contributed by atoms with E-state index in [0.29, 0.717) is 30.4 Å². The Morgan fingerprint density at radius 3 is 2.71 bits per heavy atom. The highest BCUT2D eigenvalue weighted by Crippen LogP contribution is 2.19. The molecule has 2 aromatic rings. The van der Waals surface area contributed by atoms with E-state index in [2.05, 4.69) is 30.6 Å². The molecule has 3 rings (SSSR count). The molecular weight excluding hydrogens is 410 g/mol. The lowest BCUT2D eigenvalue weighted by molar-refractivity contribution is -0.0498. The van der Waals surface area contributed by atoms with Crippen LogP contribution >= 0.6 is 0 Å². The van der Waals surface area contributed by atoms with Crippen molar-refractivity contribution in [1.82, 2.24) is 25.4 Å². The number of guanidine groups is 1. The van der Waals surface area contributed by atoms with Crippen molar-refractivity contribution in [1.29, 1.82) is 0 Å². The van der Waals surface area contributed by atoms with Crippen molar-refractivity contribution in [3.05, 3.63) is 41.5 Å². The smallest absolute Gasteiger partial charge is 0.387 e. The largest absolute Gasteiger partial charge is 0.435 e. The van der Waals surface area contributed by atoms with E-state index < -0.39 is 12.7 Å². The average Bonchev–Trinajstić information content (AvgIpc) is 3.38. The molecule has 0 amide bonds. The summed E-state index contributed by atoms with van der Waals surface area (Å²) in [6.07, 6.45) is 1.27. The predicted octanol–water partition coefficient (Wildman–Crippen LogP) is 1.67. The summed E-state index contributed by atoms with van der Waals surface area (Å²) in [7, 11) is 1.87. The normalized spacial score (nSPS) is 17.7. The second-order valence-electron chi connectivity index (χ2n) is 7.25. The molecule has 11 heteroatoms. The van der Waals surface area contributed by atoms with Gasteiger partial charge in [-0.05, 0) is 37.5 Å². The summed E-state index contributed by atoms with van der Waals surface area (Å²) >= 11 is 0. The van der Waals surface area contributed by atoms with Crippen LogP contribution in [0.2, 0.25) is 0 Å². The second kappa shape index (κ2) is 11.0. The highest BCUT2D eigenvalue weighted by Gasteiger charge is 2.16. The molecule has 0 bridgehead atoms. The summed E-state index contributed by atoms with van der Waals surface area (Å²) in [6.45, 7) is 0.818. The monoisotopic (exact) mass is 438 g/mol. The third kappa shape index (κ3) is 6.86. The molecule has 1 aromatic carbocycles. The first-order valence-corrected chi connectivity index (χ1v) is 10.1. The zero-order valence-electron chi connectivity index (χ0n) is 17.6. The first-order valence-electron chi connectivity index (χ1n) is 10.1. The van der Waals surface area contributed by atoms with E-state index in [-0.39, 0.29) is 18.4 Å². The molecule has 2 atom stereocenters. The van der Waals surface area contributed by atoms with Crippen LogP contribution < -0.4 is 15.4 Å². The van der Waals surface area contributed by atoms with Gasteiger partial charge in [-0.15, -0.1) is 10.2 Å². The van der Waals surface area contributed by atoms with Crippen LogP contribution in [0.15, 0.2) is 29.3 Å². The van der Waals surface area contributed by atoms with Crippen molar-refractivity contribution in [3.63, 3.8) is 0 Å². The number of hydrogen-bond donors (Lipinski definition) is 3. The van der Waals surface area contributed by atoms with Crippen LogP contribution in [-0.4, -0.2) is 58.2 Å². The maximum atomic E-state index is 12.3. The third-order valence-electron chi connectivity index (χ3n) is 5.04. The molecule has 1 aromatic heterocycles. The molecule has 1 aliphatic rings. The van der Waals surface area contributed by atoms with Gasteiger partial charge < -0.3 is 29.8 Å². The molecule has 0 spiro atoms. The van der Waals surface area contributed by atoms with Crippen LogP contribution in [0.4, 0.5) is 8.78 Å². The number of rotatable bonds is 9. The van der Waals surface area contributed by atoms with Gasteiger partial charge in [0.05, 0.1) is 12.2 Å². The first-order chi connectivity index (χ1) is 14.9. The lowest BCUT2D eigenvalue weighted by atomic mass is 10.1. The highest BCUT2D eigenvalue weighted by atomic mass is 19.3. The van der Waals surface area contributed by atoms with Gasteiger partial charge in [0.2, 0.25) is 0 Å². The van der Waals surface area contributed by atoms with Crippen LogP contribution in [0.5, 0.6) is 5.75 Å². The minimum Gasteiger partial charge on any atom is -0.435 e. The maximum absolute atomic E-state index is 12.3. The number of ether oxygens (including phenoxy) is 2. The van der Waals surface area contributed by atoms with Gasteiger partial charge in [0, 0.05) is 26.7 Å². The summed E-state index contributed by atoms with van der Waals surface area (Å²) in [6, 6.07) is 5.88. The topological polar surface area (TPSA) is 106 Å². The molecular formula is C20H28F2N6O3. The fourth-order valence-electron chi connectivity index (χ4n) is 3.11. The number of benzene rings is 1. The molecule has 1 aliphatic heterocycles. The SMILES string of the molecule is Cc1nnc(CN=C(NCC2CCCO2)NCC(O)c2ccc(OC(F)F)cc2)n1C. The van der Waals surface area contributed by atoms with Crippen molar-refractivity contribution in [2.75, 3.05) is 19.7 Å². The maximum Gasteiger partial charge on any atom is 0.387 e. The van der Waals surface area contributed by atoms with Crippen LogP contribution in [0, 0.1) is 6.92 Å². The summed E-state index contributed by atoms with van der Waals surface area (Å²) in [5.74, 6) is 2.05. The van der Waals surface area contributed by atoms with Crippen molar-refractivity contribution in [3.8, 4) is 5.75 Å². The van der Waals surface area contributed by atoms with E-state index in [9.17, 15) is 13.9 Å². The van der Waals surface area contributed by atoms with Gasteiger partial charge in [-0.1, -0.05) is 12.1 Å². The number of halogens is 2. The van der Waals surface area contributed by atoms with Gasteiger partial charge >= 0.3 is 6.61 Å². The first kappa shape index (κ1) is 22.9. The molecule has 0 radical (unpaired) electrons. The molecule has 0 aliphatic carbocycles. The van der Waals surface area contributed by atoms with Crippen molar-refractivity contribution < 1.29 is 23.4 Å². The minimum absolute atomic E-state index is 0.0401. The van der Waals surface area contributed by atoms with Crippen LogP contribution in [-0.2, 0) is 18.3 Å². The van der Waals surface area contributed by atoms with Crippen LogP contribution in [0.1, 0.15) is 36.2 Å². The summed E-state index contributed by atoms with van der Waals surface area (Å²) in [5, 5.41) is 25.0. The van der Waals surface area contributed by atoms with Gasteiger partial charge in [0.25, 0.3) is 0 Å². The number of nitrogens with zero attached hydrogens (tertiary/aromatic N) is 4. The second-order valence-corrected chi connectivity index (χ2v) is 7.25. The van der Waals surface area contributed by atoms with E-state index in [0.717, 1.165) is 25.3 Å². The molecule has 9 nitrogen and oxygen atoms in total. The highest BCUT2D eigenvalue weighted by molar-refractivity contribution is 5.79. The zero-order chi connectivity index (χ0) is 22.2. The van der Waals surface area contributed by atoms with Crippen LogP contribution in [0.3, 0.4) is 0 Å². The van der Waals surface area contributed by atoms with Crippen molar-refractivity contribution in [2.24, 2.45) is 12.0 Å². The predicted molar refractivity (Wildman–Crippen MR) is 110 cm³/mol. The Bertz CT molecular complexity index is 853. The molecule has 1 fully saturated rings. The quantitative estimate of drug-likeness (QED) is 0.404. The Balaban J connectivity index is 1.59. The zero-order valence-corrected chi connectivity index (χ0v) is 17.6. The van der Waals surface area contributed by atoms with Gasteiger partial charge in [0.15, 0.2) is 11.8 Å². The van der Waals surface area contributed by atoms with Gasteiger partial charge in [-0.3, -0.25) is 0 Å². The van der Waals surface area contributed by atoms with Crippen molar-refractivity contribution >= 4 is 5.96 Å². The standard InChI is InChI=1S/C20H28F2N6O3/c1-13-26-27-18(28(13)2)12-25-20(23-10-16-4-3-9-30-16)24-11-17(29)14-5-7-15(8-6-14)31-19(21)22/h5-8,16-17,19,29H,3-4,9-12H2,1-2H3,(H2,23,24,25). The lowest BCUT2D eigenvalue weighted by Gasteiger charge is -2.18. The van der Waals surface area contributed by atoms with E-state index in [1.165, 1.54) is 12.1 Å². The van der Waals surface area contributed by atoms with E-state index in [4.69, 9.17) is 4.74 Å². The molecule has 2 heterocycles. The van der Waals surface area contributed by atoms with Gasteiger partial charge in [-0.25, -0.2) is 4.99 Å². The van der Waals surface area contributed by atoms with Gasteiger partial charge in [0.1, 0.15) is 18.1 Å². The Morgan fingerprint density at radius 1 is 1.32 bits per heavy atom. The lowest BCUT2D eigenvalue weighted by Crippen LogP contribution is -2.42. The molecule has 170 valence electrons. The fraction of sp³-hybridized carbons (Fsp3) is 0.550. The van der Waals surface area contributed by atoms with E-state index in [1.807, 2.05) is 18.5 Å². The number of aryl methyl sites for hydroxylation is 1. The average molecular weight is 438 g/mol. The molecule has 2 unspecified atom stereocenters.